The van der Waals surface area contributed by atoms with Crippen LogP contribution in [0, 0.1) is 0 Å². The Balaban J connectivity index is 2.02. The highest BCUT2D eigenvalue weighted by Crippen LogP contribution is 2.30. The number of amides is 1. The summed E-state index contributed by atoms with van der Waals surface area (Å²) in [5.41, 5.74) is 0.946. The number of aromatic nitrogens is 1. The lowest BCUT2D eigenvalue weighted by atomic mass is 10.1. The minimum absolute atomic E-state index is 0.145. The van der Waals surface area contributed by atoms with Crippen LogP contribution in [0.15, 0.2) is 35.9 Å². The van der Waals surface area contributed by atoms with Crippen molar-refractivity contribution >= 4 is 23.3 Å². The van der Waals surface area contributed by atoms with E-state index in [1.54, 1.807) is 19.4 Å². The molecule has 0 radical (unpaired) electrons. The lowest BCUT2D eigenvalue weighted by Crippen LogP contribution is -2.24. The number of nitrogens with zero attached hydrogens (tertiary/aromatic N) is 1. The van der Waals surface area contributed by atoms with Crippen molar-refractivity contribution in [1.82, 2.24) is 10.3 Å². The minimum Gasteiger partial charge on any atom is -0.493 e. The van der Waals surface area contributed by atoms with Gasteiger partial charge in [0, 0.05) is 17.7 Å². The van der Waals surface area contributed by atoms with Crippen LogP contribution in [-0.4, -0.2) is 24.6 Å². The van der Waals surface area contributed by atoms with Crippen molar-refractivity contribution in [2.75, 3.05) is 13.7 Å². The number of rotatable bonds is 7. The molecule has 122 valence electrons. The molecule has 0 saturated carbocycles. The molecule has 1 aromatic heterocycles. The fourth-order valence-corrected chi connectivity index (χ4v) is 2.57. The first kappa shape index (κ1) is 17.0. The molecule has 23 heavy (non-hydrogen) atoms. The number of benzene rings is 1. The third-order valence-electron chi connectivity index (χ3n) is 3.17. The number of thiazole rings is 1. The summed E-state index contributed by atoms with van der Waals surface area (Å²) in [5.74, 6) is 1.19. The zero-order valence-corrected chi connectivity index (χ0v) is 14.2. The van der Waals surface area contributed by atoms with Crippen molar-refractivity contribution < 1.29 is 14.3 Å². The summed E-state index contributed by atoms with van der Waals surface area (Å²) >= 11 is 1.48. The molecule has 1 amide bonds. The van der Waals surface area contributed by atoms with Crippen molar-refractivity contribution in [2.45, 2.75) is 19.9 Å². The van der Waals surface area contributed by atoms with E-state index in [0.717, 1.165) is 10.6 Å². The van der Waals surface area contributed by atoms with E-state index < -0.39 is 0 Å². The van der Waals surface area contributed by atoms with E-state index in [2.05, 4.69) is 10.3 Å². The molecular weight excluding hydrogens is 312 g/mol. The lowest BCUT2D eigenvalue weighted by Gasteiger charge is -2.16. The molecule has 0 fully saturated rings. The third-order valence-corrected chi connectivity index (χ3v) is 3.92. The number of nitrogens with one attached hydrogen (secondary N) is 1. The maximum absolute atomic E-state index is 12.0. The predicted octanol–water partition coefficient (Wildman–Crippen LogP) is 3.44. The predicted molar refractivity (Wildman–Crippen MR) is 91.9 cm³/mol. The number of carbonyl (C=O) groups excluding carboxylic acids is 1. The van der Waals surface area contributed by atoms with Gasteiger partial charge in [0.15, 0.2) is 11.5 Å². The van der Waals surface area contributed by atoms with Crippen LogP contribution < -0.4 is 14.8 Å². The molecule has 2 aromatic rings. The van der Waals surface area contributed by atoms with E-state index in [4.69, 9.17) is 9.47 Å². The van der Waals surface area contributed by atoms with Crippen LogP contribution in [0.25, 0.3) is 6.08 Å². The molecule has 1 N–H and O–H groups in total. The van der Waals surface area contributed by atoms with Crippen molar-refractivity contribution in [3.05, 3.63) is 46.4 Å². The Labute approximate surface area is 140 Å². The van der Waals surface area contributed by atoms with Gasteiger partial charge in [0.1, 0.15) is 5.01 Å². The Morgan fingerprint density at radius 3 is 2.91 bits per heavy atom. The van der Waals surface area contributed by atoms with E-state index >= 15 is 0 Å². The second-order valence-corrected chi connectivity index (χ2v) is 5.70. The molecule has 0 aliphatic rings. The first-order valence-electron chi connectivity index (χ1n) is 7.32. The Morgan fingerprint density at radius 2 is 2.26 bits per heavy atom. The molecule has 0 bridgehead atoms. The standard InChI is InChI=1S/C17H20N2O3S/c1-4-22-14-6-5-13(11-15(14)21-3)12(2)19-16(20)7-8-17-18-9-10-23-17/h5-12H,4H2,1-3H3,(H,19,20). The first-order chi connectivity index (χ1) is 11.1. The average molecular weight is 332 g/mol. The average Bonchev–Trinajstić information content (AvgIpc) is 3.07. The quantitative estimate of drug-likeness (QED) is 0.789. The van der Waals surface area contributed by atoms with Crippen LogP contribution in [0.5, 0.6) is 11.5 Å². The van der Waals surface area contributed by atoms with Gasteiger partial charge in [-0.3, -0.25) is 4.79 Å². The van der Waals surface area contributed by atoms with Gasteiger partial charge in [0.05, 0.1) is 19.8 Å². The third kappa shape index (κ3) is 4.82. The Morgan fingerprint density at radius 1 is 1.43 bits per heavy atom. The molecule has 0 spiro atoms. The molecule has 0 saturated heterocycles. The van der Waals surface area contributed by atoms with Crippen molar-refractivity contribution in [3.8, 4) is 11.5 Å². The molecule has 1 unspecified atom stereocenters. The van der Waals surface area contributed by atoms with E-state index in [0.29, 0.717) is 18.1 Å². The number of hydrogen-bond acceptors (Lipinski definition) is 5. The number of ether oxygens (including phenoxy) is 2. The Kier molecular flexibility index (Phi) is 6.17. The van der Waals surface area contributed by atoms with Crippen molar-refractivity contribution in [3.63, 3.8) is 0 Å². The monoisotopic (exact) mass is 332 g/mol. The normalized spacial score (nSPS) is 12.1. The fourth-order valence-electron chi connectivity index (χ4n) is 2.04. The van der Waals surface area contributed by atoms with Gasteiger partial charge in [-0.25, -0.2) is 4.98 Å². The summed E-state index contributed by atoms with van der Waals surface area (Å²) in [5, 5.41) is 5.59. The van der Waals surface area contributed by atoms with Crippen molar-refractivity contribution in [2.24, 2.45) is 0 Å². The highest BCUT2D eigenvalue weighted by molar-refractivity contribution is 7.10. The van der Waals surface area contributed by atoms with E-state index in [9.17, 15) is 4.79 Å². The molecule has 0 aliphatic carbocycles. The van der Waals surface area contributed by atoms with Gasteiger partial charge in [-0.2, -0.15) is 0 Å². The van der Waals surface area contributed by atoms with Gasteiger partial charge < -0.3 is 14.8 Å². The maximum atomic E-state index is 12.0. The fraction of sp³-hybridized carbons (Fsp3) is 0.294. The van der Waals surface area contributed by atoms with Gasteiger partial charge in [0.25, 0.3) is 0 Å². The van der Waals surface area contributed by atoms with E-state index in [1.165, 1.54) is 17.4 Å². The molecule has 1 aromatic carbocycles. The molecule has 2 rings (SSSR count). The second-order valence-electron chi connectivity index (χ2n) is 4.78. The number of hydrogen-bond donors (Lipinski definition) is 1. The number of carbonyl (C=O) groups is 1. The van der Waals surface area contributed by atoms with Crippen LogP contribution in [0.3, 0.4) is 0 Å². The zero-order chi connectivity index (χ0) is 16.7. The summed E-state index contributed by atoms with van der Waals surface area (Å²) in [4.78, 5) is 16.1. The number of methoxy groups -OCH3 is 1. The van der Waals surface area contributed by atoms with Crippen LogP contribution >= 0.6 is 11.3 Å². The van der Waals surface area contributed by atoms with Crippen LogP contribution in [0.1, 0.15) is 30.5 Å². The van der Waals surface area contributed by atoms with Crippen molar-refractivity contribution in [1.29, 1.82) is 0 Å². The summed E-state index contributed by atoms with van der Waals surface area (Å²) < 4.78 is 10.8. The van der Waals surface area contributed by atoms with Crippen LogP contribution in [0.4, 0.5) is 0 Å². The molecule has 5 nitrogen and oxygen atoms in total. The second kappa shape index (κ2) is 8.33. The van der Waals surface area contributed by atoms with Gasteiger partial charge in [-0.1, -0.05) is 6.07 Å². The molecule has 1 atom stereocenters. The summed E-state index contributed by atoms with van der Waals surface area (Å²) in [6.45, 7) is 4.42. The topological polar surface area (TPSA) is 60.5 Å². The van der Waals surface area contributed by atoms with E-state index in [1.807, 2.05) is 37.4 Å². The SMILES string of the molecule is CCOc1ccc(C(C)NC(=O)C=Cc2nccs2)cc1OC. The summed E-state index contributed by atoms with van der Waals surface area (Å²) in [7, 11) is 1.60. The maximum Gasteiger partial charge on any atom is 0.244 e. The molecular formula is C17H20N2O3S. The Hall–Kier alpha value is -2.34. The molecule has 1 heterocycles. The zero-order valence-electron chi connectivity index (χ0n) is 13.4. The highest BCUT2D eigenvalue weighted by Gasteiger charge is 2.11. The van der Waals surface area contributed by atoms with Crippen LogP contribution in [-0.2, 0) is 4.79 Å². The van der Waals surface area contributed by atoms with Gasteiger partial charge >= 0.3 is 0 Å². The largest absolute Gasteiger partial charge is 0.493 e. The highest BCUT2D eigenvalue weighted by atomic mass is 32.1. The van der Waals surface area contributed by atoms with Gasteiger partial charge in [0.2, 0.25) is 5.91 Å². The first-order valence-corrected chi connectivity index (χ1v) is 8.20. The van der Waals surface area contributed by atoms with Crippen LogP contribution in [0.2, 0.25) is 0 Å². The smallest absolute Gasteiger partial charge is 0.244 e. The van der Waals surface area contributed by atoms with E-state index in [-0.39, 0.29) is 11.9 Å². The minimum atomic E-state index is -0.166. The summed E-state index contributed by atoms with van der Waals surface area (Å²) in [6, 6.07) is 5.50. The molecule has 0 aliphatic heterocycles. The lowest BCUT2D eigenvalue weighted by molar-refractivity contribution is -0.117. The molecule has 6 heteroatoms. The van der Waals surface area contributed by atoms with Gasteiger partial charge in [-0.05, 0) is 37.6 Å². The Bertz CT molecular complexity index is 668. The summed E-state index contributed by atoms with van der Waals surface area (Å²) in [6.07, 6.45) is 4.89. The van der Waals surface area contributed by atoms with Gasteiger partial charge in [-0.15, -0.1) is 11.3 Å².